The second-order valence-corrected chi connectivity index (χ2v) is 12.3. The van der Waals surface area contributed by atoms with Gasteiger partial charge >= 0.3 is 0 Å². The normalized spacial score (nSPS) is 17.2. The molecular weight excluding hydrogens is 292 g/mol. The summed E-state index contributed by atoms with van der Waals surface area (Å²) < 4.78 is 2.28. The van der Waals surface area contributed by atoms with E-state index in [0.29, 0.717) is 11.6 Å². The third-order valence-electron chi connectivity index (χ3n) is 4.25. The van der Waals surface area contributed by atoms with Crippen LogP contribution in [0.5, 0.6) is 0 Å². The summed E-state index contributed by atoms with van der Waals surface area (Å²) in [6.45, 7) is 7.17. The fourth-order valence-corrected chi connectivity index (χ4v) is 3.99. The van der Waals surface area contributed by atoms with Gasteiger partial charge in [-0.15, -0.1) is 0 Å². The fourth-order valence-electron chi connectivity index (χ4n) is 2.82. The number of allylic oxidation sites excluding steroid dienone is 8. The molecule has 23 heavy (non-hydrogen) atoms. The summed E-state index contributed by atoms with van der Waals surface area (Å²) in [5, 5.41) is 1.50. The molecule has 0 unspecified atom stereocenters. The van der Waals surface area contributed by atoms with Gasteiger partial charge in [0.15, 0.2) is 0 Å². The monoisotopic (exact) mass is 315 g/mol. The summed E-state index contributed by atoms with van der Waals surface area (Å²) in [5.41, 5.74) is 1.23. The number of anilines is 1. The van der Waals surface area contributed by atoms with Gasteiger partial charge in [-0.3, -0.25) is 0 Å². The van der Waals surface area contributed by atoms with Crippen LogP contribution in [0.3, 0.4) is 0 Å². The lowest BCUT2D eigenvalue weighted by molar-refractivity contribution is 1.31. The first kappa shape index (κ1) is 16.2. The topological polar surface area (TPSA) is 3.24 Å². The van der Waals surface area contributed by atoms with Gasteiger partial charge in [-0.2, -0.15) is 0 Å². The van der Waals surface area contributed by atoms with E-state index in [4.69, 9.17) is 0 Å². The lowest BCUT2D eigenvalue weighted by atomic mass is 9.62. The van der Waals surface area contributed by atoms with Gasteiger partial charge in [0.2, 0.25) is 14.8 Å². The number of rotatable bonds is 6. The highest BCUT2D eigenvalue weighted by Gasteiger charge is 2.21. The van der Waals surface area contributed by atoms with Crippen molar-refractivity contribution in [2.75, 3.05) is 4.72 Å². The number of hydrogen-bond acceptors (Lipinski definition) is 1. The molecule has 0 aromatic heterocycles. The predicted octanol–water partition coefficient (Wildman–Crippen LogP) is 4.11. The first-order valence-electron chi connectivity index (χ1n) is 8.31. The second kappa shape index (κ2) is 6.84. The first-order chi connectivity index (χ1) is 11.0. The molecule has 114 valence electrons. The van der Waals surface area contributed by atoms with Crippen LogP contribution in [-0.2, 0) is 0 Å². The Balaban J connectivity index is 1.78. The maximum atomic E-state index is 2.39. The molecule has 0 aliphatic heterocycles. The molecular formula is C19H23B2NSi. The molecule has 1 aromatic carbocycles. The average Bonchev–Trinajstić information content (AvgIpc) is 3.19. The molecule has 2 aliphatic carbocycles. The molecule has 0 atom stereocenters. The standard InChI is InChI=1S/C19H23B2NSi/c1-23(2,3)19-14-12-18(13-15-19)22(20-16-8-4-5-9-16)21-17-10-6-7-11-17/h4-17H,1-3H3. The lowest BCUT2D eigenvalue weighted by Crippen LogP contribution is -2.38. The predicted molar refractivity (Wildman–Crippen MR) is 107 cm³/mol. The van der Waals surface area contributed by atoms with E-state index in [0.717, 1.165) is 0 Å². The van der Waals surface area contributed by atoms with Crippen LogP contribution in [0.1, 0.15) is 0 Å². The zero-order valence-electron chi connectivity index (χ0n) is 14.2. The van der Waals surface area contributed by atoms with Crippen molar-refractivity contribution >= 4 is 33.8 Å². The summed E-state index contributed by atoms with van der Waals surface area (Å²) >= 11 is 0. The molecule has 0 amide bonds. The SMILES string of the molecule is C[Si](C)(C)c1ccc(N([B]C2C=CC=C2)[B]C2C=CC=C2)cc1. The van der Waals surface area contributed by atoms with E-state index in [2.05, 4.69) is 112 Å². The highest BCUT2D eigenvalue weighted by atomic mass is 28.3. The summed E-state index contributed by atoms with van der Waals surface area (Å²) in [6.07, 6.45) is 17.3. The van der Waals surface area contributed by atoms with Crippen molar-refractivity contribution in [1.29, 1.82) is 0 Å². The van der Waals surface area contributed by atoms with Crippen molar-refractivity contribution in [2.24, 2.45) is 0 Å². The largest absolute Gasteiger partial charge is 0.468 e. The molecule has 0 saturated heterocycles. The average molecular weight is 315 g/mol. The molecule has 0 heterocycles. The van der Waals surface area contributed by atoms with Crippen LogP contribution >= 0.6 is 0 Å². The van der Waals surface area contributed by atoms with Gasteiger partial charge in [0.05, 0.1) is 8.07 Å². The molecule has 2 radical (unpaired) electrons. The van der Waals surface area contributed by atoms with E-state index in [1.165, 1.54) is 10.9 Å². The number of hydrogen-bond donors (Lipinski definition) is 0. The van der Waals surface area contributed by atoms with Crippen molar-refractivity contribution in [2.45, 2.75) is 31.3 Å². The summed E-state index contributed by atoms with van der Waals surface area (Å²) in [6, 6.07) is 9.12. The van der Waals surface area contributed by atoms with Gasteiger partial charge in [0, 0.05) is 5.69 Å². The van der Waals surface area contributed by atoms with Gasteiger partial charge in [-0.05, 0) is 23.8 Å². The molecule has 0 fully saturated rings. The Hall–Kier alpha value is -1.67. The molecule has 3 rings (SSSR count). The van der Waals surface area contributed by atoms with E-state index in [1.54, 1.807) is 0 Å². The minimum absolute atomic E-state index is 0.372. The minimum atomic E-state index is -1.25. The van der Waals surface area contributed by atoms with Crippen LogP contribution in [0.4, 0.5) is 5.69 Å². The third-order valence-corrected chi connectivity index (χ3v) is 6.32. The van der Waals surface area contributed by atoms with Gasteiger partial charge in [-0.1, -0.05) is 85.6 Å². The Kier molecular flexibility index (Phi) is 4.81. The van der Waals surface area contributed by atoms with Crippen LogP contribution in [0.15, 0.2) is 72.9 Å². The molecule has 4 heteroatoms. The van der Waals surface area contributed by atoms with Crippen LogP contribution in [-0.4, -0.2) is 22.9 Å². The summed E-state index contributed by atoms with van der Waals surface area (Å²) in [5.74, 6) is 0.745. The van der Waals surface area contributed by atoms with E-state index in [1.807, 2.05) is 0 Å². The first-order valence-corrected chi connectivity index (χ1v) is 11.8. The second-order valence-electron chi connectivity index (χ2n) is 7.20. The van der Waals surface area contributed by atoms with Gasteiger partial charge in [0.25, 0.3) is 0 Å². The summed E-state index contributed by atoms with van der Waals surface area (Å²) in [7, 11) is 3.32. The Morgan fingerprint density at radius 2 is 1.17 bits per heavy atom. The van der Waals surface area contributed by atoms with Crippen molar-refractivity contribution in [3.8, 4) is 0 Å². The summed E-state index contributed by atoms with van der Waals surface area (Å²) in [4.78, 5) is 0. The lowest BCUT2D eigenvalue weighted by Gasteiger charge is -2.28. The van der Waals surface area contributed by atoms with Gasteiger partial charge in [0.1, 0.15) is 0 Å². The Bertz CT molecular complexity index is 599. The molecule has 0 N–H and O–H groups in total. The number of benzene rings is 1. The van der Waals surface area contributed by atoms with Crippen LogP contribution in [0, 0.1) is 0 Å². The van der Waals surface area contributed by atoms with Gasteiger partial charge < -0.3 is 4.72 Å². The van der Waals surface area contributed by atoms with Crippen molar-refractivity contribution in [3.63, 3.8) is 0 Å². The Labute approximate surface area is 143 Å². The highest BCUT2D eigenvalue weighted by molar-refractivity contribution is 6.88. The molecule has 2 aliphatic rings. The maximum absolute atomic E-state index is 2.39. The Morgan fingerprint density at radius 3 is 1.57 bits per heavy atom. The van der Waals surface area contributed by atoms with E-state index in [-0.39, 0.29) is 0 Å². The quantitative estimate of drug-likeness (QED) is 0.714. The van der Waals surface area contributed by atoms with Crippen molar-refractivity contribution in [3.05, 3.63) is 72.9 Å². The van der Waals surface area contributed by atoms with E-state index < -0.39 is 8.07 Å². The molecule has 1 nitrogen and oxygen atoms in total. The highest BCUT2D eigenvalue weighted by Crippen LogP contribution is 2.24. The molecule has 0 bridgehead atoms. The third kappa shape index (κ3) is 4.20. The molecule has 1 aromatic rings. The van der Waals surface area contributed by atoms with Crippen LogP contribution in [0.2, 0.25) is 31.3 Å². The van der Waals surface area contributed by atoms with Crippen molar-refractivity contribution in [1.82, 2.24) is 0 Å². The van der Waals surface area contributed by atoms with Crippen LogP contribution in [0.25, 0.3) is 0 Å². The fraction of sp³-hybridized carbons (Fsp3) is 0.263. The van der Waals surface area contributed by atoms with Crippen molar-refractivity contribution < 1.29 is 0 Å². The molecule has 0 saturated carbocycles. The maximum Gasteiger partial charge on any atom is 0.243 e. The zero-order chi connectivity index (χ0) is 16.3. The Morgan fingerprint density at radius 1 is 0.739 bits per heavy atom. The molecule has 0 spiro atoms. The minimum Gasteiger partial charge on any atom is -0.468 e. The zero-order valence-corrected chi connectivity index (χ0v) is 15.2. The van der Waals surface area contributed by atoms with E-state index in [9.17, 15) is 0 Å². The van der Waals surface area contributed by atoms with Crippen LogP contribution < -0.4 is 9.91 Å². The van der Waals surface area contributed by atoms with E-state index >= 15 is 0 Å². The smallest absolute Gasteiger partial charge is 0.243 e. The van der Waals surface area contributed by atoms with Gasteiger partial charge in [-0.25, -0.2) is 0 Å². The number of nitrogens with zero attached hydrogens (tertiary/aromatic N) is 1.